The molecule has 144 valence electrons. The van der Waals surface area contributed by atoms with Gasteiger partial charge in [0, 0.05) is 22.2 Å². The number of carbonyl (C=O) groups is 1. The molecule has 4 rings (SSSR count). The Bertz CT molecular complexity index is 1020. The first-order valence-electron chi connectivity index (χ1n) is 9.84. The van der Waals surface area contributed by atoms with Crippen LogP contribution in [0.3, 0.4) is 0 Å². The van der Waals surface area contributed by atoms with Crippen molar-refractivity contribution < 1.29 is 9.53 Å². The summed E-state index contributed by atoms with van der Waals surface area (Å²) in [7, 11) is 0. The molecule has 0 spiro atoms. The highest BCUT2D eigenvalue weighted by molar-refractivity contribution is 5.99. The molecule has 1 amide bonds. The van der Waals surface area contributed by atoms with Gasteiger partial charge in [0.25, 0.3) is 5.91 Å². The van der Waals surface area contributed by atoms with Gasteiger partial charge >= 0.3 is 0 Å². The van der Waals surface area contributed by atoms with Crippen LogP contribution in [0.1, 0.15) is 53.9 Å². The Morgan fingerprint density at radius 3 is 2.71 bits per heavy atom. The monoisotopic (exact) mass is 375 g/mol. The van der Waals surface area contributed by atoms with Crippen LogP contribution >= 0.6 is 0 Å². The van der Waals surface area contributed by atoms with Gasteiger partial charge in [-0.15, -0.1) is 0 Å². The summed E-state index contributed by atoms with van der Waals surface area (Å²) >= 11 is 0. The number of hydrogen-bond acceptors (Lipinski definition) is 3. The van der Waals surface area contributed by atoms with Crippen molar-refractivity contribution in [2.24, 2.45) is 5.10 Å². The van der Waals surface area contributed by atoms with E-state index >= 15 is 0 Å². The molecule has 3 aromatic rings. The number of rotatable bonds is 5. The molecule has 1 aliphatic rings. The van der Waals surface area contributed by atoms with Crippen molar-refractivity contribution in [2.75, 3.05) is 0 Å². The summed E-state index contributed by atoms with van der Waals surface area (Å²) in [6.07, 6.45) is 6.38. The molecule has 0 atom stereocenters. The first-order chi connectivity index (χ1) is 13.6. The molecular weight excluding hydrogens is 350 g/mol. The van der Waals surface area contributed by atoms with Gasteiger partial charge in [-0.1, -0.05) is 0 Å². The maximum Gasteiger partial charge on any atom is 0.271 e. The minimum Gasteiger partial charge on any atom is -0.491 e. The third-order valence-electron chi connectivity index (χ3n) is 4.99. The fourth-order valence-electron chi connectivity index (χ4n) is 3.68. The lowest BCUT2D eigenvalue weighted by Crippen LogP contribution is -2.17. The number of amides is 1. The second-order valence-electron chi connectivity index (χ2n) is 7.48. The Hall–Kier alpha value is -3.08. The van der Waals surface area contributed by atoms with Crippen molar-refractivity contribution in [2.45, 2.75) is 45.6 Å². The normalized spacial score (nSPS) is 13.8. The van der Waals surface area contributed by atoms with Crippen LogP contribution in [0.15, 0.2) is 47.6 Å². The number of nitrogens with one attached hydrogen (secondary N) is 2. The number of aromatic nitrogens is 1. The number of hydrogen-bond donors (Lipinski definition) is 2. The number of aromatic amines is 1. The molecule has 5 nitrogen and oxygen atoms in total. The van der Waals surface area contributed by atoms with Crippen LogP contribution in [-0.2, 0) is 12.8 Å². The molecule has 1 aliphatic carbocycles. The Balaban J connectivity index is 1.44. The van der Waals surface area contributed by atoms with Gasteiger partial charge in [-0.3, -0.25) is 4.79 Å². The lowest BCUT2D eigenvalue weighted by atomic mass is 9.95. The standard InChI is InChI=1S/C23H25N3O2/c1-15(2)28-18-10-7-16(8-11-18)14-24-26-23(27)17-9-12-22-20(13-17)19-5-3-4-6-21(19)25-22/h7-15,25H,3-6H2,1-2H3,(H,26,27)/b24-14+. The van der Waals surface area contributed by atoms with Crippen LogP contribution in [0.2, 0.25) is 0 Å². The quantitative estimate of drug-likeness (QED) is 0.506. The molecule has 0 radical (unpaired) electrons. The summed E-state index contributed by atoms with van der Waals surface area (Å²) in [5.41, 5.74) is 7.93. The Morgan fingerprint density at radius 2 is 1.93 bits per heavy atom. The highest BCUT2D eigenvalue weighted by Crippen LogP contribution is 2.29. The average Bonchev–Trinajstić information content (AvgIpc) is 3.06. The number of ether oxygens (including phenoxy) is 1. The average molecular weight is 375 g/mol. The summed E-state index contributed by atoms with van der Waals surface area (Å²) in [6, 6.07) is 13.4. The molecule has 1 aromatic heterocycles. The van der Waals surface area contributed by atoms with Gasteiger partial charge in [0.2, 0.25) is 0 Å². The highest BCUT2D eigenvalue weighted by atomic mass is 16.5. The molecule has 0 saturated heterocycles. The largest absolute Gasteiger partial charge is 0.491 e. The van der Waals surface area contributed by atoms with Crippen LogP contribution in [0.5, 0.6) is 5.75 Å². The van der Waals surface area contributed by atoms with Crippen molar-refractivity contribution in [1.29, 1.82) is 0 Å². The van der Waals surface area contributed by atoms with Crippen molar-refractivity contribution in [3.05, 3.63) is 64.8 Å². The number of H-pyrrole nitrogens is 1. The third-order valence-corrected chi connectivity index (χ3v) is 4.99. The van der Waals surface area contributed by atoms with Crippen LogP contribution in [0, 0.1) is 0 Å². The van der Waals surface area contributed by atoms with E-state index in [1.54, 1.807) is 6.21 Å². The van der Waals surface area contributed by atoms with Crippen LogP contribution in [-0.4, -0.2) is 23.2 Å². The van der Waals surface area contributed by atoms with Gasteiger partial charge in [-0.05, 0) is 93.1 Å². The molecule has 28 heavy (non-hydrogen) atoms. The van der Waals surface area contributed by atoms with E-state index in [0.29, 0.717) is 5.56 Å². The van der Waals surface area contributed by atoms with Gasteiger partial charge in [0.05, 0.1) is 12.3 Å². The number of benzene rings is 2. The second-order valence-corrected chi connectivity index (χ2v) is 7.48. The van der Waals surface area contributed by atoms with E-state index < -0.39 is 0 Å². The predicted molar refractivity (Wildman–Crippen MR) is 112 cm³/mol. The maximum atomic E-state index is 12.5. The van der Waals surface area contributed by atoms with Crippen LogP contribution in [0.25, 0.3) is 10.9 Å². The summed E-state index contributed by atoms with van der Waals surface area (Å²) in [4.78, 5) is 16.0. The fourth-order valence-corrected chi connectivity index (χ4v) is 3.68. The van der Waals surface area contributed by atoms with E-state index in [2.05, 4.69) is 15.5 Å². The highest BCUT2D eigenvalue weighted by Gasteiger charge is 2.16. The summed E-state index contributed by atoms with van der Waals surface area (Å²) in [6.45, 7) is 3.98. The first kappa shape index (κ1) is 18.3. The molecule has 0 unspecified atom stereocenters. The topological polar surface area (TPSA) is 66.5 Å². The number of nitrogens with zero attached hydrogens (tertiary/aromatic N) is 1. The summed E-state index contributed by atoms with van der Waals surface area (Å²) in [5, 5.41) is 5.25. The Kier molecular flexibility index (Phi) is 5.15. The summed E-state index contributed by atoms with van der Waals surface area (Å²) < 4.78 is 5.62. The van der Waals surface area contributed by atoms with Gasteiger partial charge in [0.1, 0.15) is 5.75 Å². The van der Waals surface area contributed by atoms with E-state index in [1.165, 1.54) is 24.1 Å². The minimum absolute atomic E-state index is 0.141. The molecule has 0 fully saturated rings. The summed E-state index contributed by atoms with van der Waals surface area (Å²) in [5.74, 6) is 0.614. The lowest BCUT2D eigenvalue weighted by Gasteiger charge is -2.10. The van der Waals surface area contributed by atoms with Crippen molar-refractivity contribution in [3.8, 4) is 5.75 Å². The van der Waals surface area contributed by atoms with Gasteiger partial charge < -0.3 is 9.72 Å². The van der Waals surface area contributed by atoms with E-state index in [0.717, 1.165) is 35.1 Å². The second kappa shape index (κ2) is 7.89. The molecule has 5 heteroatoms. The molecular formula is C23H25N3O2. The number of fused-ring (bicyclic) bond motifs is 3. The lowest BCUT2D eigenvalue weighted by molar-refractivity contribution is 0.0955. The van der Waals surface area contributed by atoms with Gasteiger partial charge in [0.15, 0.2) is 0 Å². The van der Waals surface area contributed by atoms with Gasteiger partial charge in [-0.25, -0.2) is 5.43 Å². The van der Waals surface area contributed by atoms with Gasteiger partial charge in [-0.2, -0.15) is 5.10 Å². The Labute approximate surface area is 164 Å². The van der Waals surface area contributed by atoms with E-state index in [1.807, 2.05) is 56.3 Å². The third kappa shape index (κ3) is 3.93. The zero-order valence-electron chi connectivity index (χ0n) is 16.3. The first-order valence-corrected chi connectivity index (χ1v) is 9.84. The van der Waals surface area contributed by atoms with Crippen LogP contribution < -0.4 is 10.2 Å². The SMILES string of the molecule is CC(C)Oc1ccc(/C=N/NC(=O)c2ccc3[nH]c4c(c3c2)CCCC4)cc1. The zero-order chi connectivity index (χ0) is 19.5. The number of carbonyl (C=O) groups excluding carboxylic acids is 1. The molecule has 2 N–H and O–H groups in total. The van der Waals surface area contributed by atoms with Crippen LogP contribution in [0.4, 0.5) is 0 Å². The van der Waals surface area contributed by atoms with E-state index in [9.17, 15) is 4.79 Å². The van der Waals surface area contributed by atoms with E-state index in [4.69, 9.17) is 4.74 Å². The Morgan fingerprint density at radius 1 is 1.14 bits per heavy atom. The smallest absolute Gasteiger partial charge is 0.271 e. The number of aryl methyl sites for hydroxylation is 2. The molecule has 0 bridgehead atoms. The fraction of sp³-hybridized carbons (Fsp3) is 0.304. The van der Waals surface area contributed by atoms with Crippen molar-refractivity contribution in [1.82, 2.24) is 10.4 Å². The maximum absolute atomic E-state index is 12.5. The molecule has 0 saturated carbocycles. The van der Waals surface area contributed by atoms with E-state index in [-0.39, 0.29) is 12.0 Å². The van der Waals surface area contributed by atoms with Crippen molar-refractivity contribution >= 4 is 23.0 Å². The molecule has 2 aromatic carbocycles. The number of hydrazone groups is 1. The molecule has 0 aliphatic heterocycles. The zero-order valence-corrected chi connectivity index (χ0v) is 16.3. The predicted octanol–water partition coefficient (Wildman–Crippen LogP) is 4.60. The minimum atomic E-state index is -0.205. The van der Waals surface area contributed by atoms with Crippen molar-refractivity contribution in [3.63, 3.8) is 0 Å². The molecule has 1 heterocycles.